The fourth-order valence-corrected chi connectivity index (χ4v) is 4.09. The lowest BCUT2D eigenvalue weighted by Gasteiger charge is -2.31. The third kappa shape index (κ3) is 6.35. The Morgan fingerprint density at radius 1 is 1.30 bits per heavy atom. The highest BCUT2D eigenvalue weighted by Gasteiger charge is 2.28. The number of piperidine rings is 1. The molecule has 1 aliphatic rings. The monoisotopic (exact) mass is 366 g/mol. The average molecular weight is 367 g/mol. The second kappa shape index (κ2) is 9.54. The molecule has 23 heavy (non-hydrogen) atoms. The van der Waals surface area contributed by atoms with Crippen LogP contribution in [0.5, 0.6) is 0 Å². The number of nitrogens with two attached hydrogens (primary N) is 1. The fraction of sp³-hybridized carbons (Fsp3) is 0.600. The van der Waals surface area contributed by atoms with Crippen molar-refractivity contribution >= 4 is 22.4 Å². The largest absolute Gasteiger partial charge is 0.378 e. The van der Waals surface area contributed by atoms with Crippen LogP contribution in [0.2, 0.25) is 0 Å². The number of benzene rings is 1. The van der Waals surface area contributed by atoms with Gasteiger partial charge >= 0.3 is 0 Å². The minimum absolute atomic E-state index is 0. The van der Waals surface area contributed by atoms with E-state index < -0.39 is 15.8 Å². The Bertz CT molecular complexity index is 578. The lowest BCUT2D eigenvalue weighted by atomic mass is 10.1. The number of rotatable bonds is 7. The SMILES string of the molecule is Cl.NCCCOC1CCN(S(=O)(=O)Cc2cccc(F)c2)CC1. The van der Waals surface area contributed by atoms with Gasteiger partial charge < -0.3 is 10.5 Å². The highest BCUT2D eigenvalue weighted by atomic mass is 35.5. The lowest BCUT2D eigenvalue weighted by Crippen LogP contribution is -2.41. The van der Waals surface area contributed by atoms with Crippen molar-refractivity contribution < 1.29 is 17.5 Å². The Balaban J connectivity index is 0.00000264. The molecule has 0 atom stereocenters. The van der Waals surface area contributed by atoms with Gasteiger partial charge in [-0.25, -0.2) is 17.1 Å². The fourth-order valence-electron chi connectivity index (χ4n) is 2.54. The molecule has 0 bridgehead atoms. The molecule has 132 valence electrons. The highest BCUT2D eigenvalue weighted by molar-refractivity contribution is 7.88. The quantitative estimate of drug-likeness (QED) is 0.748. The Kier molecular flexibility index (Phi) is 8.42. The maximum atomic E-state index is 13.1. The molecule has 1 aromatic carbocycles. The van der Waals surface area contributed by atoms with E-state index >= 15 is 0 Å². The van der Waals surface area contributed by atoms with Crippen LogP contribution >= 0.6 is 12.4 Å². The Morgan fingerprint density at radius 2 is 2.00 bits per heavy atom. The number of hydrogen-bond acceptors (Lipinski definition) is 4. The van der Waals surface area contributed by atoms with Crippen molar-refractivity contribution in [3.05, 3.63) is 35.6 Å². The summed E-state index contributed by atoms with van der Waals surface area (Å²) in [6.07, 6.45) is 2.30. The molecule has 0 aliphatic carbocycles. The van der Waals surface area contributed by atoms with Gasteiger partial charge in [0, 0.05) is 19.7 Å². The average Bonchev–Trinajstić information content (AvgIpc) is 2.47. The van der Waals surface area contributed by atoms with Gasteiger partial charge in [0.2, 0.25) is 10.0 Å². The number of hydrogen-bond donors (Lipinski definition) is 1. The molecule has 0 radical (unpaired) electrons. The van der Waals surface area contributed by atoms with Crippen LogP contribution < -0.4 is 5.73 Å². The number of sulfonamides is 1. The third-order valence-corrected chi connectivity index (χ3v) is 5.58. The lowest BCUT2D eigenvalue weighted by molar-refractivity contribution is 0.0208. The van der Waals surface area contributed by atoms with E-state index in [1.54, 1.807) is 6.07 Å². The standard InChI is InChI=1S/C15H23FN2O3S.ClH/c16-14-4-1-3-13(11-14)12-22(19,20)18-8-5-15(6-9-18)21-10-2-7-17;/h1,3-4,11,15H,2,5-10,12,17H2;1H. The summed E-state index contributed by atoms with van der Waals surface area (Å²) in [6, 6.07) is 5.72. The van der Waals surface area contributed by atoms with Gasteiger partial charge in [-0.1, -0.05) is 12.1 Å². The molecule has 1 aliphatic heterocycles. The zero-order chi connectivity index (χ0) is 16.0. The zero-order valence-corrected chi connectivity index (χ0v) is 14.6. The van der Waals surface area contributed by atoms with Crippen molar-refractivity contribution in [3.8, 4) is 0 Å². The van der Waals surface area contributed by atoms with Gasteiger partial charge in [-0.3, -0.25) is 0 Å². The van der Waals surface area contributed by atoms with E-state index in [1.165, 1.54) is 22.5 Å². The van der Waals surface area contributed by atoms with Crippen molar-refractivity contribution in [1.29, 1.82) is 0 Å². The first-order chi connectivity index (χ1) is 10.5. The smallest absolute Gasteiger partial charge is 0.218 e. The van der Waals surface area contributed by atoms with Gasteiger partial charge in [-0.15, -0.1) is 12.4 Å². The summed E-state index contributed by atoms with van der Waals surface area (Å²) in [6.45, 7) is 2.12. The molecule has 5 nitrogen and oxygen atoms in total. The van der Waals surface area contributed by atoms with Gasteiger partial charge in [0.05, 0.1) is 11.9 Å². The molecule has 1 saturated heterocycles. The second-order valence-corrected chi connectivity index (χ2v) is 7.47. The second-order valence-electron chi connectivity index (χ2n) is 5.50. The van der Waals surface area contributed by atoms with Crippen molar-refractivity contribution in [3.63, 3.8) is 0 Å². The van der Waals surface area contributed by atoms with Crippen LogP contribution in [0.15, 0.2) is 24.3 Å². The minimum atomic E-state index is -3.41. The molecule has 0 aromatic heterocycles. The molecule has 2 rings (SSSR count). The van der Waals surface area contributed by atoms with E-state index in [9.17, 15) is 12.8 Å². The first-order valence-electron chi connectivity index (χ1n) is 7.55. The Morgan fingerprint density at radius 3 is 2.61 bits per heavy atom. The van der Waals surface area contributed by atoms with Crippen LogP contribution in [0, 0.1) is 5.82 Å². The van der Waals surface area contributed by atoms with Crippen molar-refractivity contribution in [2.75, 3.05) is 26.2 Å². The minimum Gasteiger partial charge on any atom is -0.378 e. The predicted molar refractivity (Wildman–Crippen MR) is 90.5 cm³/mol. The molecule has 1 aromatic rings. The normalized spacial score (nSPS) is 17.0. The number of ether oxygens (including phenoxy) is 1. The summed E-state index contributed by atoms with van der Waals surface area (Å²) in [5.41, 5.74) is 5.89. The van der Waals surface area contributed by atoms with E-state index in [2.05, 4.69) is 0 Å². The van der Waals surface area contributed by atoms with Crippen LogP contribution in [-0.2, 0) is 20.5 Å². The summed E-state index contributed by atoms with van der Waals surface area (Å²) >= 11 is 0. The zero-order valence-electron chi connectivity index (χ0n) is 13.0. The van der Waals surface area contributed by atoms with Gasteiger partial charge in [0.25, 0.3) is 0 Å². The number of halogens is 2. The van der Waals surface area contributed by atoms with E-state index in [4.69, 9.17) is 10.5 Å². The maximum Gasteiger partial charge on any atom is 0.218 e. The van der Waals surface area contributed by atoms with E-state index in [0.717, 1.165) is 6.42 Å². The predicted octanol–water partition coefficient (Wildman–Crippen LogP) is 1.91. The molecule has 0 amide bonds. The van der Waals surface area contributed by atoms with Gasteiger partial charge in [-0.05, 0) is 43.5 Å². The van der Waals surface area contributed by atoms with Crippen molar-refractivity contribution in [1.82, 2.24) is 4.31 Å². The summed E-state index contributed by atoms with van der Waals surface area (Å²) in [5.74, 6) is -0.580. The van der Waals surface area contributed by atoms with Crippen LogP contribution in [0.1, 0.15) is 24.8 Å². The first-order valence-corrected chi connectivity index (χ1v) is 9.16. The first kappa shape index (κ1) is 20.3. The van der Waals surface area contributed by atoms with Crippen molar-refractivity contribution in [2.24, 2.45) is 5.73 Å². The highest BCUT2D eigenvalue weighted by Crippen LogP contribution is 2.19. The molecule has 8 heteroatoms. The topological polar surface area (TPSA) is 72.6 Å². The molecule has 1 heterocycles. The molecule has 0 saturated carbocycles. The van der Waals surface area contributed by atoms with Crippen LogP contribution in [-0.4, -0.2) is 45.1 Å². The van der Waals surface area contributed by atoms with Crippen molar-refractivity contribution in [2.45, 2.75) is 31.1 Å². The molecule has 0 unspecified atom stereocenters. The van der Waals surface area contributed by atoms with E-state index in [0.29, 0.717) is 44.6 Å². The van der Waals surface area contributed by atoms with Crippen LogP contribution in [0.25, 0.3) is 0 Å². The third-order valence-electron chi connectivity index (χ3n) is 3.73. The molecular weight excluding hydrogens is 343 g/mol. The molecule has 1 fully saturated rings. The Labute approximate surface area is 143 Å². The van der Waals surface area contributed by atoms with E-state index in [1.807, 2.05) is 0 Å². The van der Waals surface area contributed by atoms with Crippen LogP contribution in [0.3, 0.4) is 0 Å². The number of nitrogens with zero attached hydrogens (tertiary/aromatic N) is 1. The maximum absolute atomic E-state index is 13.1. The summed E-state index contributed by atoms with van der Waals surface area (Å²) in [4.78, 5) is 0. The van der Waals surface area contributed by atoms with Crippen LogP contribution in [0.4, 0.5) is 4.39 Å². The van der Waals surface area contributed by atoms with Gasteiger partial charge in [0.15, 0.2) is 0 Å². The molecule has 2 N–H and O–H groups in total. The molecule has 0 spiro atoms. The summed E-state index contributed by atoms with van der Waals surface area (Å²) in [7, 11) is -3.41. The Hall–Kier alpha value is -0.730. The van der Waals surface area contributed by atoms with E-state index in [-0.39, 0.29) is 24.3 Å². The van der Waals surface area contributed by atoms with Gasteiger partial charge in [0.1, 0.15) is 5.82 Å². The molecular formula is C15H24ClFN2O3S. The summed E-state index contributed by atoms with van der Waals surface area (Å²) in [5, 5.41) is 0. The van der Waals surface area contributed by atoms with Gasteiger partial charge in [-0.2, -0.15) is 0 Å². The summed E-state index contributed by atoms with van der Waals surface area (Å²) < 4.78 is 45.0.